The fourth-order valence-electron chi connectivity index (χ4n) is 3.63. The number of benzene rings is 2. The number of aromatic nitrogens is 1. The maximum absolute atomic E-state index is 12.4. The van der Waals surface area contributed by atoms with Crippen molar-refractivity contribution in [3.63, 3.8) is 0 Å². The zero-order valence-corrected chi connectivity index (χ0v) is 16.9. The van der Waals surface area contributed by atoms with Gasteiger partial charge in [-0.2, -0.15) is 0 Å². The van der Waals surface area contributed by atoms with E-state index in [1.54, 1.807) is 7.05 Å². The van der Waals surface area contributed by atoms with Gasteiger partial charge in [-0.25, -0.2) is 4.79 Å². The molecule has 0 radical (unpaired) electrons. The molecular weight excluding hydrogens is 386 g/mol. The van der Waals surface area contributed by atoms with Crippen LogP contribution in [0.15, 0.2) is 52.6 Å². The third kappa shape index (κ3) is 3.39. The van der Waals surface area contributed by atoms with Crippen LogP contribution in [0.4, 0.5) is 4.79 Å². The van der Waals surface area contributed by atoms with E-state index < -0.39 is 6.09 Å². The standard InChI is InChI=1S/C22H21N3O3S/c1-12(23)13-3-5-14(6-4-13)18-15(11-25(2)22(27)28)7-8-17-19(18)16-9-10-29-20(16)21(26)24-17/h3-10,12H,11,23H2,1-2H3,(H,24,26)(H,27,28). The summed E-state index contributed by atoms with van der Waals surface area (Å²) in [5.41, 5.74) is 10.4. The Kier molecular flexibility index (Phi) is 4.86. The largest absolute Gasteiger partial charge is 0.465 e. The molecule has 0 bridgehead atoms. The van der Waals surface area contributed by atoms with E-state index >= 15 is 0 Å². The molecule has 0 aliphatic rings. The molecule has 0 spiro atoms. The van der Waals surface area contributed by atoms with Crippen LogP contribution in [0.1, 0.15) is 24.1 Å². The van der Waals surface area contributed by atoms with Gasteiger partial charge in [0.2, 0.25) is 0 Å². The van der Waals surface area contributed by atoms with Crippen LogP contribution in [0.5, 0.6) is 0 Å². The Hall–Kier alpha value is -3.16. The van der Waals surface area contributed by atoms with Crippen LogP contribution in [-0.4, -0.2) is 28.1 Å². The number of nitrogens with one attached hydrogen (secondary N) is 1. The highest BCUT2D eigenvalue weighted by atomic mass is 32.1. The minimum Gasteiger partial charge on any atom is -0.465 e. The molecule has 4 rings (SSSR count). The van der Waals surface area contributed by atoms with Crippen LogP contribution in [-0.2, 0) is 6.54 Å². The molecule has 148 valence electrons. The van der Waals surface area contributed by atoms with E-state index in [0.29, 0.717) is 4.70 Å². The Bertz CT molecular complexity index is 1270. The van der Waals surface area contributed by atoms with Crippen molar-refractivity contribution >= 4 is 38.4 Å². The zero-order valence-electron chi connectivity index (χ0n) is 16.1. The topological polar surface area (TPSA) is 99.4 Å². The van der Waals surface area contributed by atoms with Gasteiger partial charge in [-0.15, -0.1) is 11.3 Å². The lowest BCUT2D eigenvalue weighted by Crippen LogP contribution is -2.24. The Morgan fingerprint density at radius 2 is 1.93 bits per heavy atom. The third-order valence-corrected chi connectivity index (χ3v) is 6.05. The van der Waals surface area contributed by atoms with Gasteiger partial charge < -0.3 is 20.7 Å². The summed E-state index contributed by atoms with van der Waals surface area (Å²) in [7, 11) is 1.54. The lowest BCUT2D eigenvalue weighted by Gasteiger charge is -2.19. The van der Waals surface area contributed by atoms with Gasteiger partial charge in [0.05, 0.1) is 0 Å². The van der Waals surface area contributed by atoms with Gasteiger partial charge in [0.1, 0.15) is 4.70 Å². The van der Waals surface area contributed by atoms with Crippen molar-refractivity contribution in [1.82, 2.24) is 9.88 Å². The van der Waals surface area contributed by atoms with Gasteiger partial charge in [-0.1, -0.05) is 30.3 Å². The Balaban J connectivity index is 2.04. The van der Waals surface area contributed by atoms with Crippen molar-refractivity contribution in [3.05, 3.63) is 69.3 Å². The Labute approximate surface area is 171 Å². The summed E-state index contributed by atoms with van der Waals surface area (Å²) in [6, 6.07) is 13.6. The molecule has 0 saturated heterocycles. The highest BCUT2D eigenvalue weighted by molar-refractivity contribution is 7.17. The van der Waals surface area contributed by atoms with Gasteiger partial charge in [0, 0.05) is 35.9 Å². The Morgan fingerprint density at radius 3 is 2.59 bits per heavy atom. The first-order valence-corrected chi connectivity index (χ1v) is 10.1. The number of pyridine rings is 1. The smallest absolute Gasteiger partial charge is 0.407 e. The Morgan fingerprint density at radius 1 is 1.21 bits per heavy atom. The number of H-pyrrole nitrogens is 1. The van der Waals surface area contributed by atoms with Crippen LogP contribution < -0.4 is 11.3 Å². The monoisotopic (exact) mass is 407 g/mol. The molecule has 1 amide bonds. The van der Waals surface area contributed by atoms with E-state index in [-0.39, 0.29) is 18.1 Å². The minimum absolute atomic E-state index is 0.0749. The van der Waals surface area contributed by atoms with Crippen molar-refractivity contribution < 1.29 is 9.90 Å². The maximum Gasteiger partial charge on any atom is 0.407 e. The molecule has 4 N–H and O–H groups in total. The van der Waals surface area contributed by atoms with Crippen LogP contribution in [0.2, 0.25) is 0 Å². The van der Waals surface area contributed by atoms with Crippen LogP contribution >= 0.6 is 11.3 Å². The second kappa shape index (κ2) is 7.35. The molecule has 6 nitrogen and oxygen atoms in total. The van der Waals surface area contributed by atoms with Crippen LogP contribution in [0.3, 0.4) is 0 Å². The zero-order chi connectivity index (χ0) is 20.7. The van der Waals surface area contributed by atoms with E-state index in [2.05, 4.69) is 4.98 Å². The fraction of sp³-hybridized carbons (Fsp3) is 0.182. The third-order valence-electron chi connectivity index (χ3n) is 5.14. The average Bonchev–Trinajstić information content (AvgIpc) is 3.19. The minimum atomic E-state index is -0.995. The normalized spacial score (nSPS) is 12.4. The molecule has 0 fully saturated rings. The SMILES string of the molecule is CC(N)c1ccc(-c2c(CN(C)C(=O)O)ccc3[nH]c(=O)c4sccc4c23)cc1. The molecule has 0 saturated carbocycles. The number of hydrogen-bond acceptors (Lipinski definition) is 4. The molecule has 0 aliphatic heterocycles. The number of amides is 1. The summed E-state index contributed by atoms with van der Waals surface area (Å²) in [5, 5.41) is 13.1. The number of nitrogens with zero attached hydrogens (tertiary/aromatic N) is 1. The molecule has 1 atom stereocenters. The molecule has 2 aromatic heterocycles. The summed E-state index contributed by atoms with van der Waals surface area (Å²) in [4.78, 5) is 28.1. The van der Waals surface area contributed by atoms with E-state index in [0.717, 1.165) is 38.5 Å². The van der Waals surface area contributed by atoms with Crippen molar-refractivity contribution in [2.45, 2.75) is 19.5 Å². The highest BCUT2D eigenvalue weighted by Gasteiger charge is 2.18. The first-order chi connectivity index (χ1) is 13.9. The van der Waals surface area contributed by atoms with E-state index in [1.807, 2.05) is 54.8 Å². The van der Waals surface area contributed by atoms with Crippen molar-refractivity contribution in [2.75, 3.05) is 7.05 Å². The van der Waals surface area contributed by atoms with Crippen LogP contribution in [0.25, 0.3) is 32.1 Å². The first kappa shape index (κ1) is 19.2. The van der Waals surface area contributed by atoms with E-state index in [9.17, 15) is 14.7 Å². The number of fused-ring (bicyclic) bond motifs is 3. The van der Waals surface area contributed by atoms with Gasteiger partial charge in [-0.3, -0.25) is 4.79 Å². The van der Waals surface area contributed by atoms with E-state index in [1.165, 1.54) is 16.2 Å². The predicted molar refractivity (Wildman–Crippen MR) is 117 cm³/mol. The molecule has 2 heterocycles. The van der Waals surface area contributed by atoms with Gasteiger partial charge in [0.15, 0.2) is 0 Å². The quantitative estimate of drug-likeness (QED) is 0.462. The second-order valence-electron chi connectivity index (χ2n) is 7.19. The molecule has 29 heavy (non-hydrogen) atoms. The van der Waals surface area contributed by atoms with E-state index in [4.69, 9.17) is 5.73 Å². The molecule has 7 heteroatoms. The number of rotatable bonds is 4. The predicted octanol–water partition coefficient (Wildman–Crippen LogP) is 4.54. The summed E-state index contributed by atoms with van der Waals surface area (Å²) in [5.74, 6) is 0. The molecule has 2 aromatic carbocycles. The average molecular weight is 407 g/mol. The maximum atomic E-state index is 12.4. The summed E-state index contributed by atoms with van der Waals surface area (Å²) in [6.07, 6.45) is -0.995. The summed E-state index contributed by atoms with van der Waals surface area (Å²) in [6.45, 7) is 2.17. The lowest BCUT2D eigenvalue weighted by atomic mass is 9.92. The second-order valence-corrected chi connectivity index (χ2v) is 8.11. The number of carboxylic acid groups (broad SMARTS) is 1. The molecule has 4 aromatic rings. The number of nitrogens with two attached hydrogens (primary N) is 1. The summed E-state index contributed by atoms with van der Waals surface area (Å²) >= 11 is 1.40. The number of thiophene rings is 1. The molecular formula is C22H21N3O3S. The molecule has 1 unspecified atom stereocenters. The van der Waals surface area contributed by atoms with Crippen molar-refractivity contribution in [3.8, 4) is 11.1 Å². The number of carbonyl (C=O) groups is 1. The lowest BCUT2D eigenvalue weighted by molar-refractivity contribution is 0.154. The van der Waals surface area contributed by atoms with Crippen molar-refractivity contribution in [1.29, 1.82) is 0 Å². The number of aromatic amines is 1. The molecule has 0 aliphatic carbocycles. The van der Waals surface area contributed by atoms with Crippen LogP contribution in [0, 0.1) is 0 Å². The number of hydrogen-bond donors (Lipinski definition) is 3. The highest BCUT2D eigenvalue weighted by Crippen LogP contribution is 2.37. The van der Waals surface area contributed by atoms with Gasteiger partial charge in [-0.05, 0) is 46.7 Å². The summed E-state index contributed by atoms with van der Waals surface area (Å²) < 4.78 is 0.662. The first-order valence-electron chi connectivity index (χ1n) is 9.22. The fourth-order valence-corrected chi connectivity index (χ4v) is 4.42. The van der Waals surface area contributed by atoms with Gasteiger partial charge >= 0.3 is 6.09 Å². The van der Waals surface area contributed by atoms with Crippen molar-refractivity contribution in [2.24, 2.45) is 5.73 Å². The van der Waals surface area contributed by atoms with Gasteiger partial charge in [0.25, 0.3) is 5.56 Å².